The van der Waals surface area contributed by atoms with E-state index in [1.54, 1.807) is 0 Å². The summed E-state index contributed by atoms with van der Waals surface area (Å²) in [6.45, 7) is 4.36. The largest absolute Gasteiger partial charge is 0.417 e. The number of rotatable bonds is 5. The molecule has 0 aliphatic heterocycles. The molecule has 0 aliphatic carbocycles. The van der Waals surface area contributed by atoms with Crippen molar-refractivity contribution in [3.63, 3.8) is 0 Å². The number of benzene rings is 2. The van der Waals surface area contributed by atoms with Crippen LogP contribution < -0.4 is 10.5 Å². The quantitative estimate of drug-likeness (QED) is 0.741. The number of hydrogen-bond acceptors (Lipinski definition) is 4. The minimum atomic E-state index is -3.66. The molecule has 0 fully saturated rings. The Balaban J connectivity index is 1.72. The monoisotopic (exact) mass is 346 g/mol. The maximum atomic E-state index is 12.4. The predicted octanol–water partition coefficient (Wildman–Crippen LogP) is 2.26. The fraction of sp³-hybridized carbons (Fsp3) is 0.235. The van der Waals surface area contributed by atoms with Gasteiger partial charge in [-0.15, -0.1) is 0 Å². The van der Waals surface area contributed by atoms with Crippen molar-refractivity contribution in [2.24, 2.45) is 0 Å². The van der Waals surface area contributed by atoms with Crippen LogP contribution in [0.3, 0.4) is 0 Å². The van der Waals surface area contributed by atoms with E-state index >= 15 is 0 Å². The second-order valence-electron chi connectivity index (χ2n) is 5.74. The molecular weight excluding hydrogens is 328 g/mol. The molecule has 0 amide bonds. The normalized spacial score (nSPS) is 11.9. The van der Waals surface area contributed by atoms with Crippen molar-refractivity contribution in [1.82, 2.24) is 9.71 Å². The lowest BCUT2D eigenvalue weighted by Crippen LogP contribution is -2.26. The molecule has 6 nitrogen and oxygen atoms in total. The highest BCUT2D eigenvalue weighted by atomic mass is 32.2. The van der Waals surface area contributed by atoms with Crippen LogP contribution in [0.4, 0.5) is 0 Å². The molecule has 0 bridgehead atoms. The first-order valence-corrected chi connectivity index (χ1v) is 9.02. The van der Waals surface area contributed by atoms with Gasteiger partial charge in [-0.2, -0.15) is 0 Å². The Bertz CT molecular complexity index is 1050. The Morgan fingerprint density at radius 1 is 1.08 bits per heavy atom. The van der Waals surface area contributed by atoms with Crippen molar-refractivity contribution in [2.45, 2.75) is 25.2 Å². The number of nitrogens with one attached hydrogen (secondary N) is 2. The van der Waals surface area contributed by atoms with Crippen molar-refractivity contribution in [3.05, 3.63) is 63.6 Å². The lowest BCUT2D eigenvalue weighted by atomic mass is 10.0. The number of aromatic amines is 1. The maximum Gasteiger partial charge on any atom is 0.417 e. The molecule has 0 atom stereocenters. The third kappa shape index (κ3) is 3.42. The molecule has 0 unspecified atom stereocenters. The molecule has 3 aromatic rings. The van der Waals surface area contributed by atoms with Crippen LogP contribution in [-0.2, 0) is 16.4 Å². The number of sulfonamides is 1. The molecule has 0 aliphatic rings. The van der Waals surface area contributed by atoms with Crippen LogP contribution in [0, 0.1) is 13.8 Å². The summed E-state index contributed by atoms with van der Waals surface area (Å²) in [6, 6.07) is 10.4. The van der Waals surface area contributed by atoms with Crippen LogP contribution in [0.1, 0.15) is 16.7 Å². The van der Waals surface area contributed by atoms with Gasteiger partial charge in [0.25, 0.3) is 0 Å². The zero-order chi connectivity index (χ0) is 17.3. The molecule has 24 heavy (non-hydrogen) atoms. The third-order valence-corrected chi connectivity index (χ3v) is 5.44. The molecule has 126 valence electrons. The van der Waals surface area contributed by atoms with Crippen LogP contribution in [0.15, 0.2) is 50.5 Å². The van der Waals surface area contributed by atoms with E-state index in [-0.39, 0.29) is 10.5 Å². The summed E-state index contributed by atoms with van der Waals surface area (Å²) in [5.41, 5.74) is 4.16. The number of hydrogen-bond donors (Lipinski definition) is 2. The van der Waals surface area contributed by atoms with E-state index in [1.807, 2.05) is 26.0 Å². The van der Waals surface area contributed by atoms with Crippen molar-refractivity contribution in [2.75, 3.05) is 6.54 Å². The van der Waals surface area contributed by atoms with E-state index in [4.69, 9.17) is 4.42 Å². The van der Waals surface area contributed by atoms with Gasteiger partial charge in [-0.05, 0) is 49.1 Å². The minimum absolute atomic E-state index is 0.0674. The zero-order valence-corrected chi connectivity index (χ0v) is 14.2. The van der Waals surface area contributed by atoms with E-state index in [0.717, 1.165) is 5.56 Å². The van der Waals surface area contributed by atoms with Crippen molar-refractivity contribution < 1.29 is 12.8 Å². The van der Waals surface area contributed by atoms with E-state index in [1.165, 1.54) is 29.3 Å². The first-order chi connectivity index (χ1) is 11.3. The van der Waals surface area contributed by atoms with Gasteiger partial charge in [0.1, 0.15) is 0 Å². The SMILES string of the molecule is Cc1ccc(CCNS(=O)(=O)c2ccc3[nH]c(=O)oc3c2)cc1C. The smallest absolute Gasteiger partial charge is 0.408 e. The van der Waals surface area contributed by atoms with E-state index in [9.17, 15) is 13.2 Å². The molecule has 3 rings (SSSR count). The summed E-state index contributed by atoms with van der Waals surface area (Å²) >= 11 is 0. The van der Waals surface area contributed by atoms with Gasteiger partial charge in [0.05, 0.1) is 10.4 Å². The summed E-state index contributed by atoms with van der Waals surface area (Å²) in [5.74, 6) is -0.609. The Morgan fingerprint density at radius 2 is 1.88 bits per heavy atom. The van der Waals surface area contributed by atoms with Crippen molar-refractivity contribution in [1.29, 1.82) is 0 Å². The van der Waals surface area contributed by atoms with Crippen LogP contribution >= 0.6 is 0 Å². The minimum Gasteiger partial charge on any atom is -0.408 e. The maximum absolute atomic E-state index is 12.4. The summed E-state index contributed by atoms with van der Waals surface area (Å²) in [7, 11) is -3.66. The van der Waals surface area contributed by atoms with Crippen LogP contribution in [0.5, 0.6) is 0 Å². The number of H-pyrrole nitrogens is 1. The van der Waals surface area contributed by atoms with E-state index in [0.29, 0.717) is 18.5 Å². The lowest BCUT2D eigenvalue weighted by molar-refractivity contribution is 0.553. The number of fused-ring (bicyclic) bond motifs is 1. The van der Waals surface area contributed by atoms with Gasteiger partial charge in [-0.1, -0.05) is 18.2 Å². The second kappa shape index (κ2) is 6.26. The molecule has 0 radical (unpaired) electrons. The topological polar surface area (TPSA) is 92.2 Å². The van der Waals surface area contributed by atoms with Crippen molar-refractivity contribution >= 4 is 21.1 Å². The zero-order valence-electron chi connectivity index (χ0n) is 13.4. The van der Waals surface area contributed by atoms with Crippen LogP contribution in [0.25, 0.3) is 11.1 Å². The van der Waals surface area contributed by atoms with E-state index in [2.05, 4.69) is 15.8 Å². The molecule has 0 saturated heterocycles. The number of aryl methyl sites for hydroxylation is 2. The molecule has 1 heterocycles. The van der Waals surface area contributed by atoms with Gasteiger partial charge >= 0.3 is 5.76 Å². The first-order valence-electron chi connectivity index (χ1n) is 7.54. The average molecular weight is 346 g/mol. The average Bonchev–Trinajstić information content (AvgIpc) is 2.89. The summed E-state index contributed by atoms with van der Waals surface area (Å²) < 4.78 is 32.2. The first kappa shape index (κ1) is 16.5. The van der Waals surface area contributed by atoms with Gasteiger partial charge in [-0.25, -0.2) is 17.9 Å². The summed E-state index contributed by atoms with van der Waals surface area (Å²) in [4.78, 5) is 13.7. The molecule has 0 saturated carbocycles. The van der Waals surface area contributed by atoms with Crippen LogP contribution in [0.2, 0.25) is 0 Å². The van der Waals surface area contributed by atoms with Crippen LogP contribution in [-0.4, -0.2) is 19.9 Å². The fourth-order valence-electron chi connectivity index (χ4n) is 2.46. The molecule has 2 aromatic carbocycles. The third-order valence-electron chi connectivity index (χ3n) is 3.98. The predicted molar refractivity (Wildman–Crippen MR) is 91.6 cm³/mol. The second-order valence-corrected chi connectivity index (χ2v) is 7.51. The number of oxazole rings is 1. The van der Waals surface area contributed by atoms with E-state index < -0.39 is 15.8 Å². The van der Waals surface area contributed by atoms with Gasteiger partial charge in [0, 0.05) is 12.6 Å². The Labute approximate surface area is 139 Å². The molecular formula is C17H18N2O4S. The standard InChI is InChI=1S/C17H18N2O4S/c1-11-3-4-13(9-12(11)2)7-8-18-24(21,22)14-5-6-15-16(10-14)23-17(20)19-15/h3-6,9-10,18H,7-8H2,1-2H3,(H,19,20). The van der Waals surface area contributed by atoms with Gasteiger partial charge in [0.2, 0.25) is 10.0 Å². The summed E-state index contributed by atoms with van der Waals surface area (Å²) in [5, 5.41) is 0. The fourth-order valence-corrected chi connectivity index (χ4v) is 3.51. The van der Waals surface area contributed by atoms with Crippen molar-refractivity contribution in [3.8, 4) is 0 Å². The van der Waals surface area contributed by atoms with Gasteiger partial charge in [-0.3, -0.25) is 4.98 Å². The van der Waals surface area contributed by atoms with Gasteiger partial charge in [0.15, 0.2) is 5.58 Å². The molecule has 7 heteroatoms. The molecule has 1 aromatic heterocycles. The Morgan fingerprint density at radius 3 is 2.62 bits per heavy atom. The van der Waals surface area contributed by atoms with Gasteiger partial charge < -0.3 is 4.42 Å². The molecule has 0 spiro atoms. The highest BCUT2D eigenvalue weighted by molar-refractivity contribution is 7.89. The Hall–Kier alpha value is -2.38. The highest BCUT2D eigenvalue weighted by Crippen LogP contribution is 2.16. The lowest BCUT2D eigenvalue weighted by Gasteiger charge is -2.08. The summed E-state index contributed by atoms with van der Waals surface area (Å²) in [6.07, 6.45) is 0.599. The number of aromatic nitrogens is 1. The molecule has 2 N–H and O–H groups in total. The Kier molecular flexibility index (Phi) is 4.29. The highest BCUT2D eigenvalue weighted by Gasteiger charge is 2.15.